The Morgan fingerprint density at radius 3 is 2.27 bits per heavy atom. The molecule has 5 nitrogen and oxygen atoms in total. The summed E-state index contributed by atoms with van der Waals surface area (Å²) in [6.45, 7) is 0.977. The molecule has 0 unspecified atom stereocenters. The van der Waals surface area contributed by atoms with E-state index in [4.69, 9.17) is 14.2 Å². The molecule has 0 aliphatic heterocycles. The fourth-order valence-electron chi connectivity index (χ4n) is 3.14. The third kappa shape index (κ3) is 6.09. The molecule has 0 saturated carbocycles. The highest BCUT2D eigenvalue weighted by Gasteiger charge is 2.20. The lowest BCUT2D eigenvalue weighted by Gasteiger charge is -2.18. The van der Waals surface area contributed by atoms with Gasteiger partial charge < -0.3 is 14.2 Å². The minimum atomic E-state index is -0.467. The van der Waals surface area contributed by atoms with Crippen LogP contribution in [-0.4, -0.2) is 26.2 Å². The number of esters is 1. The summed E-state index contributed by atoms with van der Waals surface area (Å²) in [5, 5.41) is 3.32. The van der Waals surface area contributed by atoms with Crippen LogP contribution in [0.4, 0.5) is 0 Å². The Kier molecular flexibility index (Phi) is 7.86. The van der Waals surface area contributed by atoms with Crippen molar-refractivity contribution in [3.05, 3.63) is 95.6 Å². The van der Waals surface area contributed by atoms with Crippen LogP contribution in [0.3, 0.4) is 0 Å². The zero-order valence-electron chi connectivity index (χ0n) is 17.3. The first-order valence-electron chi connectivity index (χ1n) is 9.88. The highest BCUT2D eigenvalue weighted by atomic mass is 16.5. The lowest BCUT2D eigenvalue weighted by Crippen LogP contribution is -2.39. The molecule has 0 amide bonds. The van der Waals surface area contributed by atoms with Gasteiger partial charge in [-0.15, -0.1) is 0 Å². The van der Waals surface area contributed by atoms with E-state index >= 15 is 0 Å². The van der Waals surface area contributed by atoms with Gasteiger partial charge in [-0.2, -0.15) is 0 Å². The average Bonchev–Trinajstić information content (AvgIpc) is 2.81. The van der Waals surface area contributed by atoms with Crippen LogP contribution in [-0.2, 0) is 29.1 Å². The first kappa shape index (κ1) is 21.4. The van der Waals surface area contributed by atoms with Crippen LogP contribution in [0.2, 0.25) is 0 Å². The van der Waals surface area contributed by atoms with Gasteiger partial charge in [0, 0.05) is 12.1 Å². The first-order chi connectivity index (χ1) is 14.7. The predicted octanol–water partition coefficient (Wildman–Crippen LogP) is 4.15. The number of methoxy groups -OCH3 is 2. The SMILES string of the molecule is COC(=O)[C@H](Cc1ccc(OC)cc1)NCc1ccccc1OCc1ccccc1. The maximum Gasteiger partial charge on any atom is 0.323 e. The Balaban J connectivity index is 1.65. The van der Waals surface area contributed by atoms with Crippen molar-refractivity contribution in [2.24, 2.45) is 0 Å². The minimum Gasteiger partial charge on any atom is -0.497 e. The first-order valence-corrected chi connectivity index (χ1v) is 9.88. The molecule has 156 valence electrons. The van der Waals surface area contributed by atoms with Crippen molar-refractivity contribution in [1.29, 1.82) is 0 Å². The van der Waals surface area contributed by atoms with Gasteiger partial charge >= 0.3 is 5.97 Å². The molecule has 0 heterocycles. The van der Waals surface area contributed by atoms with Crippen molar-refractivity contribution in [3.8, 4) is 11.5 Å². The van der Waals surface area contributed by atoms with Crippen molar-refractivity contribution >= 4 is 5.97 Å². The summed E-state index contributed by atoms with van der Waals surface area (Å²) in [6.07, 6.45) is 0.518. The molecule has 3 aromatic rings. The van der Waals surface area contributed by atoms with E-state index in [0.717, 1.165) is 28.2 Å². The Morgan fingerprint density at radius 2 is 1.57 bits per heavy atom. The van der Waals surface area contributed by atoms with E-state index in [1.165, 1.54) is 7.11 Å². The highest BCUT2D eigenvalue weighted by Crippen LogP contribution is 2.20. The van der Waals surface area contributed by atoms with Crippen molar-refractivity contribution < 1.29 is 19.0 Å². The fraction of sp³-hybridized carbons (Fsp3) is 0.240. The van der Waals surface area contributed by atoms with Gasteiger partial charge in [0.2, 0.25) is 0 Å². The zero-order valence-corrected chi connectivity index (χ0v) is 17.3. The van der Waals surface area contributed by atoms with Crippen LogP contribution >= 0.6 is 0 Å². The summed E-state index contributed by atoms with van der Waals surface area (Å²) in [6, 6.07) is 25.1. The van der Waals surface area contributed by atoms with Crippen molar-refractivity contribution in [2.45, 2.75) is 25.6 Å². The molecule has 0 aromatic heterocycles. The number of hydrogen-bond acceptors (Lipinski definition) is 5. The lowest BCUT2D eigenvalue weighted by molar-refractivity contribution is -0.143. The Labute approximate surface area is 177 Å². The number of rotatable bonds is 10. The highest BCUT2D eigenvalue weighted by molar-refractivity contribution is 5.76. The van der Waals surface area contributed by atoms with Gasteiger partial charge in [-0.1, -0.05) is 60.7 Å². The maximum absolute atomic E-state index is 12.3. The number of nitrogens with one attached hydrogen (secondary N) is 1. The summed E-state index contributed by atoms with van der Waals surface area (Å²) < 4.78 is 16.2. The van der Waals surface area contributed by atoms with Crippen molar-refractivity contribution in [1.82, 2.24) is 5.32 Å². The molecule has 0 fully saturated rings. The monoisotopic (exact) mass is 405 g/mol. The Bertz CT molecular complexity index is 925. The second-order valence-electron chi connectivity index (χ2n) is 6.89. The largest absolute Gasteiger partial charge is 0.497 e. The van der Waals surface area contributed by atoms with E-state index in [0.29, 0.717) is 19.6 Å². The van der Waals surface area contributed by atoms with Gasteiger partial charge in [-0.25, -0.2) is 0 Å². The molecular formula is C25H27NO4. The molecule has 0 bridgehead atoms. The van der Waals surface area contributed by atoms with E-state index in [9.17, 15) is 4.79 Å². The number of benzene rings is 3. The lowest BCUT2D eigenvalue weighted by atomic mass is 10.1. The number of hydrogen-bond donors (Lipinski definition) is 1. The van der Waals surface area contributed by atoms with Gasteiger partial charge in [0.25, 0.3) is 0 Å². The van der Waals surface area contributed by atoms with Gasteiger partial charge in [0.1, 0.15) is 24.1 Å². The number of ether oxygens (including phenoxy) is 3. The summed E-state index contributed by atoms with van der Waals surface area (Å²) in [5.41, 5.74) is 3.11. The standard InChI is InChI=1S/C25H27NO4/c1-28-22-14-12-19(13-15-22)16-23(25(27)29-2)26-17-21-10-6-7-11-24(21)30-18-20-8-4-3-5-9-20/h3-15,23,26H,16-18H2,1-2H3/t23-/m0/s1. The molecule has 0 radical (unpaired) electrons. The van der Waals surface area contributed by atoms with Crippen molar-refractivity contribution in [3.63, 3.8) is 0 Å². The molecule has 3 rings (SSSR count). The molecule has 3 aromatic carbocycles. The Hall–Kier alpha value is -3.31. The van der Waals surface area contributed by atoms with E-state index in [2.05, 4.69) is 5.32 Å². The van der Waals surface area contributed by atoms with Crippen LogP contribution in [0.1, 0.15) is 16.7 Å². The van der Waals surface area contributed by atoms with Crippen LogP contribution in [0.5, 0.6) is 11.5 Å². The van der Waals surface area contributed by atoms with Gasteiger partial charge in [0.15, 0.2) is 0 Å². The summed E-state index contributed by atoms with van der Waals surface area (Å²) >= 11 is 0. The molecular weight excluding hydrogens is 378 g/mol. The molecule has 30 heavy (non-hydrogen) atoms. The number of carbonyl (C=O) groups excluding carboxylic acids is 1. The van der Waals surface area contributed by atoms with E-state index < -0.39 is 6.04 Å². The molecule has 0 aliphatic carbocycles. The van der Waals surface area contributed by atoms with Crippen LogP contribution in [0.15, 0.2) is 78.9 Å². The number of carbonyl (C=O) groups is 1. The third-order valence-electron chi connectivity index (χ3n) is 4.83. The molecule has 0 saturated heterocycles. The van der Waals surface area contributed by atoms with E-state index in [1.807, 2.05) is 78.9 Å². The second kappa shape index (κ2) is 11.0. The summed E-state index contributed by atoms with van der Waals surface area (Å²) in [7, 11) is 3.03. The van der Waals surface area contributed by atoms with Crippen molar-refractivity contribution in [2.75, 3.05) is 14.2 Å². The average molecular weight is 405 g/mol. The smallest absolute Gasteiger partial charge is 0.323 e. The predicted molar refractivity (Wildman–Crippen MR) is 117 cm³/mol. The third-order valence-corrected chi connectivity index (χ3v) is 4.83. The normalized spacial score (nSPS) is 11.5. The topological polar surface area (TPSA) is 56.8 Å². The van der Waals surface area contributed by atoms with Crippen LogP contribution < -0.4 is 14.8 Å². The zero-order chi connectivity index (χ0) is 21.2. The summed E-state index contributed by atoms with van der Waals surface area (Å²) in [5.74, 6) is 1.28. The molecule has 1 N–H and O–H groups in total. The summed E-state index contributed by atoms with van der Waals surface area (Å²) in [4.78, 5) is 12.3. The van der Waals surface area contributed by atoms with Gasteiger partial charge in [-0.05, 0) is 35.7 Å². The van der Waals surface area contributed by atoms with Gasteiger partial charge in [0.05, 0.1) is 14.2 Å². The van der Waals surface area contributed by atoms with E-state index in [1.54, 1.807) is 7.11 Å². The molecule has 5 heteroatoms. The Morgan fingerprint density at radius 1 is 0.867 bits per heavy atom. The van der Waals surface area contributed by atoms with Crippen LogP contribution in [0, 0.1) is 0 Å². The van der Waals surface area contributed by atoms with Gasteiger partial charge in [-0.3, -0.25) is 10.1 Å². The van der Waals surface area contributed by atoms with E-state index in [-0.39, 0.29) is 5.97 Å². The fourth-order valence-corrected chi connectivity index (χ4v) is 3.14. The quantitative estimate of drug-likeness (QED) is 0.514. The molecule has 0 aliphatic rings. The molecule has 0 spiro atoms. The maximum atomic E-state index is 12.3. The minimum absolute atomic E-state index is 0.298. The second-order valence-corrected chi connectivity index (χ2v) is 6.89. The molecule has 1 atom stereocenters. The van der Waals surface area contributed by atoms with Crippen LogP contribution in [0.25, 0.3) is 0 Å². The number of para-hydroxylation sites is 1.